The van der Waals surface area contributed by atoms with Crippen molar-refractivity contribution in [3.05, 3.63) is 23.5 Å². The van der Waals surface area contributed by atoms with Gasteiger partial charge in [-0.15, -0.1) is 0 Å². The first kappa shape index (κ1) is 15.9. The van der Waals surface area contributed by atoms with Crippen LogP contribution in [0.3, 0.4) is 0 Å². The van der Waals surface area contributed by atoms with E-state index in [1.54, 1.807) is 13.8 Å². The lowest BCUT2D eigenvalue weighted by Crippen LogP contribution is -2.44. The number of aliphatic hydroxyl groups is 1. The number of rotatable bonds is 5. The minimum Gasteiger partial charge on any atom is -0.396 e. The molecule has 1 aromatic carbocycles. The predicted octanol–water partition coefficient (Wildman–Crippen LogP) is 1.16. The molecule has 0 spiro atoms. The Balaban J connectivity index is 3.18. The summed E-state index contributed by atoms with van der Waals surface area (Å²) in [5.74, 6) is -0.647. The molecule has 0 aromatic heterocycles. The highest BCUT2D eigenvalue weighted by molar-refractivity contribution is 7.89. The summed E-state index contributed by atoms with van der Waals surface area (Å²) in [7, 11) is -3.82. The average molecular weight is 290 g/mol. The average Bonchev–Trinajstić information content (AvgIpc) is 2.21. The van der Waals surface area contributed by atoms with Crippen molar-refractivity contribution in [3.8, 4) is 0 Å². The molecule has 0 fully saturated rings. The van der Waals surface area contributed by atoms with Crippen molar-refractivity contribution in [1.29, 1.82) is 0 Å². The van der Waals surface area contributed by atoms with Gasteiger partial charge in [0.1, 0.15) is 5.82 Å². The van der Waals surface area contributed by atoms with E-state index in [2.05, 4.69) is 4.72 Å². The molecular weight excluding hydrogens is 271 g/mol. The molecule has 0 aliphatic carbocycles. The Morgan fingerprint density at radius 1 is 1.42 bits per heavy atom. The van der Waals surface area contributed by atoms with Crippen LogP contribution in [0.15, 0.2) is 17.0 Å². The molecule has 108 valence electrons. The number of hydrogen-bond donors (Lipinski definition) is 3. The Morgan fingerprint density at radius 2 is 2.00 bits per heavy atom. The molecule has 1 aromatic rings. The van der Waals surface area contributed by atoms with Crippen molar-refractivity contribution >= 4 is 15.7 Å². The number of halogens is 1. The van der Waals surface area contributed by atoms with Gasteiger partial charge in [0.2, 0.25) is 10.0 Å². The van der Waals surface area contributed by atoms with E-state index in [4.69, 9.17) is 10.8 Å². The van der Waals surface area contributed by atoms with Crippen LogP contribution in [0.5, 0.6) is 0 Å². The number of aryl methyl sites for hydroxylation is 1. The monoisotopic (exact) mass is 290 g/mol. The Kier molecular flexibility index (Phi) is 4.54. The second-order valence-electron chi connectivity index (χ2n) is 5.10. The highest BCUT2D eigenvalue weighted by Gasteiger charge is 2.27. The van der Waals surface area contributed by atoms with Gasteiger partial charge in [-0.05, 0) is 44.9 Å². The lowest BCUT2D eigenvalue weighted by atomic mass is 10.0. The minimum atomic E-state index is -3.82. The molecule has 0 atom stereocenters. The van der Waals surface area contributed by atoms with Crippen molar-refractivity contribution in [1.82, 2.24) is 4.72 Å². The molecule has 0 unspecified atom stereocenters. The smallest absolute Gasteiger partial charge is 0.241 e. The Morgan fingerprint density at radius 3 is 2.53 bits per heavy atom. The number of nitrogens with two attached hydrogens (primary N) is 1. The van der Waals surface area contributed by atoms with Gasteiger partial charge in [-0.1, -0.05) is 0 Å². The highest BCUT2D eigenvalue weighted by Crippen LogP contribution is 2.23. The molecule has 0 aliphatic rings. The fraction of sp³-hybridized carbons (Fsp3) is 0.500. The number of aliphatic hydroxyl groups excluding tert-OH is 1. The van der Waals surface area contributed by atoms with Crippen LogP contribution in [0.1, 0.15) is 25.8 Å². The third-order valence-electron chi connectivity index (χ3n) is 2.73. The van der Waals surface area contributed by atoms with Crippen LogP contribution >= 0.6 is 0 Å². The zero-order chi connectivity index (χ0) is 14.8. The standard InChI is InChI=1S/C12H19FN2O3S/c1-8-6-9(13)10(14)7-11(8)19(17,18)15-12(2,3)4-5-16/h6-7,15-16H,4-5,14H2,1-3H3. The predicted molar refractivity (Wildman–Crippen MR) is 71.7 cm³/mol. The quantitative estimate of drug-likeness (QED) is 0.709. The fourth-order valence-corrected chi connectivity index (χ4v) is 3.41. The molecule has 7 heteroatoms. The van der Waals surface area contributed by atoms with Gasteiger partial charge >= 0.3 is 0 Å². The molecule has 19 heavy (non-hydrogen) atoms. The summed E-state index contributed by atoms with van der Waals surface area (Å²) in [5, 5.41) is 8.90. The largest absolute Gasteiger partial charge is 0.396 e. The summed E-state index contributed by atoms with van der Waals surface area (Å²) in [6.07, 6.45) is 0.266. The van der Waals surface area contributed by atoms with E-state index in [1.807, 2.05) is 0 Å². The summed E-state index contributed by atoms with van der Waals surface area (Å²) in [6, 6.07) is 2.19. The SMILES string of the molecule is Cc1cc(F)c(N)cc1S(=O)(=O)NC(C)(C)CCO. The summed E-state index contributed by atoms with van der Waals surface area (Å²) >= 11 is 0. The van der Waals surface area contributed by atoms with Crippen molar-refractivity contribution < 1.29 is 17.9 Å². The van der Waals surface area contributed by atoms with Gasteiger partial charge in [0.05, 0.1) is 10.6 Å². The second kappa shape index (κ2) is 5.44. The van der Waals surface area contributed by atoms with Gasteiger partial charge in [-0.3, -0.25) is 0 Å². The van der Waals surface area contributed by atoms with E-state index < -0.39 is 21.4 Å². The van der Waals surface area contributed by atoms with Crippen molar-refractivity contribution in [2.24, 2.45) is 0 Å². The van der Waals surface area contributed by atoms with Crippen LogP contribution in [0.2, 0.25) is 0 Å². The van der Waals surface area contributed by atoms with Crippen LogP contribution in [-0.4, -0.2) is 25.7 Å². The molecule has 0 amide bonds. The molecule has 0 aliphatic heterocycles. The zero-order valence-corrected chi connectivity index (χ0v) is 12.0. The van der Waals surface area contributed by atoms with Crippen LogP contribution in [0.4, 0.5) is 10.1 Å². The van der Waals surface area contributed by atoms with E-state index in [-0.39, 0.29) is 29.2 Å². The minimum absolute atomic E-state index is 0.0579. The van der Waals surface area contributed by atoms with Crippen LogP contribution in [0, 0.1) is 12.7 Å². The topological polar surface area (TPSA) is 92.4 Å². The van der Waals surface area contributed by atoms with E-state index in [9.17, 15) is 12.8 Å². The Bertz CT molecular complexity index is 571. The maximum Gasteiger partial charge on any atom is 0.241 e. The summed E-state index contributed by atoms with van der Waals surface area (Å²) in [5.41, 5.74) is 4.66. The molecule has 5 nitrogen and oxygen atoms in total. The molecule has 0 radical (unpaired) electrons. The molecule has 0 bridgehead atoms. The van der Waals surface area contributed by atoms with Gasteiger partial charge in [-0.25, -0.2) is 17.5 Å². The zero-order valence-electron chi connectivity index (χ0n) is 11.2. The van der Waals surface area contributed by atoms with Gasteiger partial charge in [-0.2, -0.15) is 0 Å². The third-order valence-corrected chi connectivity index (χ3v) is 4.57. The molecule has 0 heterocycles. The van der Waals surface area contributed by atoms with Crippen LogP contribution in [-0.2, 0) is 10.0 Å². The van der Waals surface area contributed by atoms with Crippen molar-refractivity contribution in [2.75, 3.05) is 12.3 Å². The first-order valence-electron chi connectivity index (χ1n) is 5.79. The maximum absolute atomic E-state index is 13.2. The second-order valence-corrected chi connectivity index (χ2v) is 6.75. The first-order chi connectivity index (χ1) is 8.59. The summed E-state index contributed by atoms with van der Waals surface area (Å²) < 4.78 is 40.2. The summed E-state index contributed by atoms with van der Waals surface area (Å²) in [6.45, 7) is 4.67. The van der Waals surface area contributed by atoms with E-state index >= 15 is 0 Å². The number of nitrogen functional groups attached to an aromatic ring is 1. The summed E-state index contributed by atoms with van der Waals surface area (Å²) in [4.78, 5) is -0.0579. The lowest BCUT2D eigenvalue weighted by molar-refractivity contribution is 0.245. The first-order valence-corrected chi connectivity index (χ1v) is 7.28. The number of anilines is 1. The Hall–Kier alpha value is -1.18. The maximum atomic E-state index is 13.2. The van der Waals surface area contributed by atoms with Crippen molar-refractivity contribution in [3.63, 3.8) is 0 Å². The number of nitrogens with one attached hydrogen (secondary N) is 1. The van der Waals surface area contributed by atoms with Gasteiger partial charge in [0.25, 0.3) is 0 Å². The molecule has 1 rings (SSSR count). The van der Waals surface area contributed by atoms with Crippen molar-refractivity contribution in [2.45, 2.75) is 37.6 Å². The third kappa shape index (κ3) is 3.89. The van der Waals surface area contributed by atoms with Gasteiger partial charge in [0.15, 0.2) is 0 Å². The van der Waals surface area contributed by atoms with E-state index in [0.29, 0.717) is 0 Å². The number of benzene rings is 1. The molecule has 0 saturated heterocycles. The molecule has 4 N–H and O–H groups in total. The number of sulfonamides is 1. The van der Waals surface area contributed by atoms with Gasteiger partial charge < -0.3 is 10.8 Å². The number of hydrogen-bond acceptors (Lipinski definition) is 4. The molecular formula is C12H19FN2O3S. The normalized spacial score (nSPS) is 12.7. The van der Waals surface area contributed by atoms with E-state index in [1.165, 1.54) is 6.92 Å². The van der Waals surface area contributed by atoms with E-state index in [0.717, 1.165) is 12.1 Å². The lowest BCUT2D eigenvalue weighted by Gasteiger charge is -2.25. The fourth-order valence-electron chi connectivity index (χ4n) is 1.71. The molecule has 0 saturated carbocycles. The highest BCUT2D eigenvalue weighted by atomic mass is 32.2. The Labute approximate surface area is 112 Å². The van der Waals surface area contributed by atoms with Gasteiger partial charge in [0, 0.05) is 12.1 Å². The van der Waals surface area contributed by atoms with Crippen LogP contribution < -0.4 is 10.5 Å². The van der Waals surface area contributed by atoms with Crippen LogP contribution in [0.25, 0.3) is 0 Å².